The van der Waals surface area contributed by atoms with Crippen LogP contribution in [0.3, 0.4) is 0 Å². The number of benzene rings is 1. The summed E-state index contributed by atoms with van der Waals surface area (Å²) in [6, 6.07) is 14.9. The number of carbonyl (C=O) groups excluding carboxylic acids is 1. The van der Waals surface area contributed by atoms with Gasteiger partial charge in [0, 0.05) is 22.3 Å². The maximum atomic E-state index is 13.0. The summed E-state index contributed by atoms with van der Waals surface area (Å²) in [5.41, 5.74) is 4.86. The van der Waals surface area contributed by atoms with Crippen LogP contribution in [-0.2, 0) is 17.8 Å². The van der Waals surface area contributed by atoms with E-state index in [4.69, 9.17) is 0 Å². The number of amides is 1. The van der Waals surface area contributed by atoms with Gasteiger partial charge in [-0.25, -0.2) is 0 Å². The van der Waals surface area contributed by atoms with Gasteiger partial charge in [-0.05, 0) is 55.8 Å². The van der Waals surface area contributed by atoms with E-state index < -0.39 is 0 Å². The zero-order valence-corrected chi connectivity index (χ0v) is 17.7. The van der Waals surface area contributed by atoms with Crippen LogP contribution in [0, 0.1) is 25.2 Å². The minimum absolute atomic E-state index is 0.102. The average Bonchev–Trinajstić information content (AvgIpc) is 3.38. The fourth-order valence-electron chi connectivity index (χ4n) is 4.08. The maximum Gasteiger partial charge on any atom is 0.245 e. The van der Waals surface area contributed by atoms with E-state index in [0.717, 1.165) is 23.4 Å². The van der Waals surface area contributed by atoms with Gasteiger partial charge >= 0.3 is 0 Å². The molecule has 0 spiro atoms. The van der Waals surface area contributed by atoms with Gasteiger partial charge < -0.3 is 14.8 Å². The van der Waals surface area contributed by atoms with Gasteiger partial charge in [-0.3, -0.25) is 4.79 Å². The van der Waals surface area contributed by atoms with Crippen LogP contribution in [0.1, 0.15) is 34.2 Å². The first-order valence-electron chi connectivity index (χ1n) is 9.76. The second kappa shape index (κ2) is 7.76. The molecule has 1 amide bonds. The molecule has 2 aromatic heterocycles. The van der Waals surface area contributed by atoms with Crippen LogP contribution < -0.4 is 10.2 Å². The summed E-state index contributed by atoms with van der Waals surface area (Å²) < 4.78 is 2.04. The lowest BCUT2D eigenvalue weighted by molar-refractivity contribution is -0.115. The predicted molar refractivity (Wildman–Crippen MR) is 118 cm³/mol. The van der Waals surface area contributed by atoms with E-state index >= 15 is 0 Å². The highest BCUT2D eigenvalue weighted by atomic mass is 32.1. The van der Waals surface area contributed by atoms with Gasteiger partial charge in [0.25, 0.3) is 0 Å². The maximum absolute atomic E-state index is 13.0. The van der Waals surface area contributed by atoms with Gasteiger partial charge in [-0.2, -0.15) is 5.26 Å². The molecule has 0 bridgehead atoms. The zero-order chi connectivity index (χ0) is 20.5. The van der Waals surface area contributed by atoms with Crippen molar-refractivity contribution in [3.63, 3.8) is 0 Å². The van der Waals surface area contributed by atoms with E-state index in [1.54, 1.807) is 11.3 Å². The Bertz CT molecular complexity index is 1090. The molecule has 3 heterocycles. The molecule has 1 N–H and O–H groups in total. The molecule has 5 nitrogen and oxygen atoms in total. The SMILES string of the molecule is Cc1c(C#N)c(NC(=O)CN2c3ccccc3CC2C)n(Cc2cccs2)c1C. The third-order valence-corrected chi connectivity index (χ3v) is 6.62. The van der Waals surface area contributed by atoms with Crippen molar-refractivity contribution in [2.75, 3.05) is 16.8 Å². The molecule has 0 saturated carbocycles. The molecule has 29 heavy (non-hydrogen) atoms. The number of hydrogen-bond donors (Lipinski definition) is 1. The lowest BCUT2D eigenvalue weighted by atomic mass is 10.1. The second-order valence-corrected chi connectivity index (χ2v) is 8.60. The van der Waals surface area contributed by atoms with Crippen LogP contribution in [0.15, 0.2) is 41.8 Å². The zero-order valence-electron chi connectivity index (χ0n) is 16.9. The van der Waals surface area contributed by atoms with Crippen molar-refractivity contribution in [2.24, 2.45) is 0 Å². The first kappa shape index (κ1) is 19.3. The minimum Gasteiger partial charge on any atom is -0.359 e. The minimum atomic E-state index is -0.102. The van der Waals surface area contributed by atoms with Crippen LogP contribution in [0.4, 0.5) is 11.5 Å². The highest BCUT2D eigenvalue weighted by Gasteiger charge is 2.28. The smallest absolute Gasteiger partial charge is 0.245 e. The first-order valence-corrected chi connectivity index (χ1v) is 10.6. The van der Waals surface area contributed by atoms with E-state index in [0.29, 0.717) is 17.9 Å². The van der Waals surface area contributed by atoms with E-state index in [9.17, 15) is 10.1 Å². The van der Waals surface area contributed by atoms with E-state index in [2.05, 4.69) is 41.4 Å². The van der Waals surface area contributed by atoms with Gasteiger partial charge in [0.1, 0.15) is 11.9 Å². The Morgan fingerprint density at radius 2 is 2.07 bits per heavy atom. The lowest BCUT2D eigenvalue weighted by Gasteiger charge is -2.24. The molecule has 0 fully saturated rings. The third kappa shape index (κ3) is 3.54. The Kier molecular flexibility index (Phi) is 5.16. The van der Waals surface area contributed by atoms with Gasteiger partial charge in [0.15, 0.2) is 0 Å². The van der Waals surface area contributed by atoms with Crippen molar-refractivity contribution in [1.82, 2.24) is 4.57 Å². The van der Waals surface area contributed by atoms with Gasteiger partial charge in [0.2, 0.25) is 5.91 Å². The molecular weight excluding hydrogens is 380 g/mol. The number of nitrogens with zero attached hydrogens (tertiary/aromatic N) is 3. The number of fused-ring (bicyclic) bond motifs is 1. The number of para-hydroxylation sites is 1. The van der Waals surface area contributed by atoms with Crippen LogP contribution in [-0.4, -0.2) is 23.1 Å². The summed E-state index contributed by atoms with van der Waals surface area (Å²) in [4.78, 5) is 16.3. The van der Waals surface area contributed by atoms with Gasteiger partial charge in [0.05, 0.1) is 18.7 Å². The quantitative estimate of drug-likeness (QED) is 0.682. The van der Waals surface area contributed by atoms with Crippen molar-refractivity contribution < 1.29 is 4.79 Å². The molecule has 0 radical (unpaired) electrons. The van der Waals surface area contributed by atoms with Crippen molar-refractivity contribution in [2.45, 2.75) is 39.8 Å². The van der Waals surface area contributed by atoms with Gasteiger partial charge in [-0.1, -0.05) is 24.3 Å². The summed E-state index contributed by atoms with van der Waals surface area (Å²) in [7, 11) is 0. The van der Waals surface area contributed by atoms with E-state index in [1.807, 2.05) is 42.0 Å². The van der Waals surface area contributed by atoms with E-state index in [1.165, 1.54) is 10.4 Å². The summed E-state index contributed by atoms with van der Waals surface area (Å²) >= 11 is 1.67. The Morgan fingerprint density at radius 1 is 1.28 bits per heavy atom. The molecule has 1 aliphatic heterocycles. The molecule has 0 aliphatic carbocycles. The molecule has 0 saturated heterocycles. The molecule has 1 atom stereocenters. The molecule has 3 aromatic rings. The Labute approximate surface area is 175 Å². The van der Waals surface area contributed by atoms with Crippen LogP contribution >= 0.6 is 11.3 Å². The predicted octanol–water partition coefficient (Wildman–Crippen LogP) is 4.48. The van der Waals surface area contributed by atoms with Crippen LogP contribution in [0.2, 0.25) is 0 Å². The summed E-state index contributed by atoms with van der Waals surface area (Å²) in [6.45, 7) is 6.99. The lowest BCUT2D eigenvalue weighted by Crippen LogP contribution is -2.37. The molecule has 1 unspecified atom stereocenters. The third-order valence-electron chi connectivity index (χ3n) is 5.76. The number of thiophene rings is 1. The number of hydrogen-bond acceptors (Lipinski definition) is 4. The molecule has 1 aromatic carbocycles. The average molecular weight is 405 g/mol. The summed E-state index contributed by atoms with van der Waals surface area (Å²) in [6.07, 6.45) is 0.944. The highest BCUT2D eigenvalue weighted by Crippen LogP contribution is 2.32. The molecule has 1 aliphatic rings. The fraction of sp³-hybridized carbons (Fsp3) is 0.304. The Hall–Kier alpha value is -3.04. The molecule has 148 valence electrons. The summed E-state index contributed by atoms with van der Waals surface area (Å²) in [5.74, 6) is 0.496. The number of aromatic nitrogens is 1. The fourth-order valence-corrected chi connectivity index (χ4v) is 4.78. The largest absolute Gasteiger partial charge is 0.359 e. The Morgan fingerprint density at radius 3 is 2.79 bits per heavy atom. The first-order chi connectivity index (χ1) is 14.0. The number of carbonyl (C=O) groups is 1. The Balaban J connectivity index is 1.60. The number of nitriles is 1. The van der Waals surface area contributed by atoms with Crippen LogP contribution in [0.25, 0.3) is 0 Å². The number of nitrogens with one attached hydrogen (secondary N) is 1. The molecule has 4 rings (SSSR count). The number of rotatable bonds is 5. The number of anilines is 2. The van der Waals surface area contributed by atoms with Gasteiger partial charge in [-0.15, -0.1) is 11.3 Å². The summed E-state index contributed by atoms with van der Waals surface area (Å²) in [5, 5.41) is 14.8. The van der Waals surface area contributed by atoms with Crippen molar-refractivity contribution in [3.8, 4) is 6.07 Å². The van der Waals surface area contributed by atoms with Crippen molar-refractivity contribution >= 4 is 28.7 Å². The molecule has 6 heteroatoms. The van der Waals surface area contributed by atoms with Crippen LogP contribution in [0.5, 0.6) is 0 Å². The molecular formula is C23H24N4OS. The van der Waals surface area contributed by atoms with Crippen molar-refractivity contribution in [3.05, 3.63) is 69.0 Å². The van der Waals surface area contributed by atoms with Crippen molar-refractivity contribution in [1.29, 1.82) is 5.26 Å². The second-order valence-electron chi connectivity index (χ2n) is 7.57. The normalized spacial score (nSPS) is 15.2. The monoisotopic (exact) mass is 404 g/mol. The van der Waals surface area contributed by atoms with E-state index in [-0.39, 0.29) is 18.5 Å². The topological polar surface area (TPSA) is 61.1 Å². The highest BCUT2D eigenvalue weighted by molar-refractivity contribution is 7.09. The standard InChI is InChI=1S/C23H24N4OS/c1-15-11-18-7-4-5-9-21(18)26(15)14-22(28)25-23-20(12-24)16(2)17(3)27(23)13-19-8-6-10-29-19/h4-10,15H,11,13-14H2,1-3H3,(H,25,28).